The van der Waals surface area contributed by atoms with E-state index in [2.05, 4.69) is 6.92 Å². The number of aliphatic hydroxyl groups excluding tert-OH is 1. The van der Waals surface area contributed by atoms with Crippen LogP contribution >= 0.6 is 12.4 Å². The number of nitrogens with zero attached hydrogens (tertiary/aromatic N) is 1. The van der Waals surface area contributed by atoms with Crippen LogP contribution in [0.3, 0.4) is 0 Å². The van der Waals surface area contributed by atoms with Gasteiger partial charge in [0.05, 0.1) is 12.1 Å². The first-order valence-electron chi connectivity index (χ1n) is 8.50. The highest BCUT2D eigenvalue weighted by molar-refractivity contribution is 5.85. The predicted octanol–water partition coefficient (Wildman–Crippen LogP) is 3.04. The van der Waals surface area contributed by atoms with E-state index in [1.54, 1.807) is 12.1 Å². The normalized spacial score (nSPS) is 17.9. The number of unbranched alkanes of at least 4 members (excludes halogenated alkanes) is 1. The maximum absolute atomic E-state index is 13.0. The molecule has 0 aliphatic carbocycles. The molecular formula is C18H28ClFN2O2. The molecule has 4 nitrogen and oxygen atoms in total. The number of halogens is 2. The van der Waals surface area contributed by atoms with E-state index >= 15 is 0 Å². The minimum Gasteiger partial charge on any atom is -0.388 e. The Hall–Kier alpha value is -1.17. The topological polar surface area (TPSA) is 66.6 Å². The van der Waals surface area contributed by atoms with Crippen LogP contribution in [0.25, 0.3) is 0 Å². The molecule has 3 N–H and O–H groups in total. The average Bonchev–Trinajstić information content (AvgIpc) is 2.59. The van der Waals surface area contributed by atoms with Gasteiger partial charge in [-0.3, -0.25) is 4.79 Å². The van der Waals surface area contributed by atoms with Gasteiger partial charge in [-0.2, -0.15) is 0 Å². The van der Waals surface area contributed by atoms with Gasteiger partial charge >= 0.3 is 0 Å². The van der Waals surface area contributed by atoms with Gasteiger partial charge in [-0.25, -0.2) is 4.39 Å². The van der Waals surface area contributed by atoms with Gasteiger partial charge in [0, 0.05) is 13.1 Å². The van der Waals surface area contributed by atoms with Crippen LogP contribution in [0.1, 0.15) is 50.7 Å². The number of rotatable bonds is 6. The quantitative estimate of drug-likeness (QED) is 0.821. The number of likely N-dealkylation sites (tertiary alicyclic amines) is 1. The lowest BCUT2D eigenvalue weighted by Gasteiger charge is -2.35. The lowest BCUT2D eigenvalue weighted by molar-refractivity contribution is -0.134. The van der Waals surface area contributed by atoms with Crippen LogP contribution in [0.5, 0.6) is 0 Å². The Morgan fingerprint density at radius 1 is 1.33 bits per heavy atom. The summed E-state index contributed by atoms with van der Waals surface area (Å²) in [5.74, 6) is -0.188. The summed E-state index contributed by atoms with van der Waals surface area (Å²) >= 11 is 0. The third kappa shape index (κ3) is 5.43. The summed E-state index contributed by atoms with van der Waals surface area (Å²) in [5.41, 5.74) is 6.69. The van der Waals surface area contributed by atoms with Crippen molar-refractivity contribution < 1.29 is 14.3 Å². The van der Waals surface area contributed by atoms with Gasteiger partial charge in [-0.15, -0.1) is 12.4 Å². The molecule has 0 spiro atoms. The predicted molar refractivity (Wildman–Crippen MR) is 95.4 cm³/mol. The van der Waals surface area contributed by atoms with Crippen LogP contribution in [0.15, 0.2) is 24.3 Å². The van der Waals surface area contributed by atoms with E-state index < -0.39 is 12.1 Å². The molecule has 1 aliphatic heterocycles. The van der Waals surface area contributed by atoms with E-state index in [0.717, 1.165) is 37.7 Å². The van der Waals surface area contributed by atoms with Crippen molar-refractivity contribution in [3.8, 4) is 0 Å². The summed E-state index contributed by atoms with van der Waals surface area (Å²) < 4.78 is 13.0. The lowest BCUT2D eigenvalue weighted by Crippen LogP contribution is -2.47. The van der Waals surface area contributed by atoms with Crippen LogP contribution in [0, 0.1) is 11.7 Å². The fourth-order valence-corrected chi connectivity index (χ4v) is 3.15. The molecule has 6 heteroatoms. The maximum Gasteiger partial charge on any atom is 0.239 e. The molecule has 2 rings (SSSR count). The minimum atomic E-state index is -0.610. The number of benzene rings is 1. The Balaban J connectivity index is 0.00000288. The van der Waals surface area contributed by atoms with Gasteiger partial charge in [-0.1, -0.05) is 31.9 Å². The van der Waals surface area contributed by atoms with Crippen LogP contribution in [-0.4, -0.2) is 35.0 Å². The molecule has 0 aromatic heterocycles. The average molecular weight is 359 g/mol. The molecule has 2 unspecified atom stereocenters. The molecule has 24 heavy (non-hydrogen) atoms. The van der Waals surface area contributed by atoms with Crippen molar-refractivity contribution in [3.05, 3.63) is 35.6 Å². The summed E-state index contributed by atoms with van der Waals surface area (Å²) in [5, 5.41) is 10.4. The zero-order valence-electron chi connectivity index (χ0n) is 14.2. The van der Waals surface area contributed by atoms with Crippen molar-refractivity contribution in [1.29, 1.82) is 0 Å². The molecule has 0 saturated carbocycles. The fourth-order valence-electron chi connectivity index (χ4n) is 3.15. The number of hydrogen-bond donors (Lipinski definition) is 2. The summed E-state index contributed by atoms with van der Waals surface area (Å²) in [6.07, 6.45) is 3.60. The zero-order chi connectivity index (χ0) is 16.8. The van der Waals surface area contributed by atoms with Crippen LogP contribution in [0.2, 0.25) is 0 Å². The van der Waals surface area contributed by atoms with E-state index in [1.165, 1.54) is 12.1 Å². The van der Waals surface area contributed by atoms with Gasteiger partial charge in [0.15, 0.2) is 0 Å². The van der Waals surface area contributed by atoms with Crippen LogP contribution in [-0.2, 0) is 4.79 Å². The number of piperidine rings is 1. The molecule has 1 aromatic carbocycles. The smallest absolute Gasteiger partial charge is 0.239 e. The zero-order valence-corrected chi connectivity index (χ0v) is 15.0. The third-order valence-corrected chi connectivity index (χ3v) is 4.70. The molecule has 2 atom stereocenters. The molecule has 1 heterocycles. The van der Waals surface area contributed by atoms with Gasteiger partial charge in [-0.05, 0) is 42.9 Å². The molecule has 1 fully saturated rings. The number of aliphatic hydroxyl groups is 1. The molecule has 1 aliphatic rings. The Morgan fingerprint density at radius 2 is 1.92 bits per heavy atom. The second-order valence-electron chi connectivity index (χ2n) is 6.41. The number of carbonyl (C=O) groups excluding carboxylic acids is 1. The highest BCUT2D eigenvalue weighted by Crippen LogP contribution is 2.31. The second kappa shape index (κ2) is 9.97. The van der Waals surface area contributed by atoms with Crippen molar-refractivity contribution in [3.63, 3.8) is 0 Å². The summed E-state index contributed by atoms with van der Waals surface area (Å²) in [6, 6.07) is 5.57. The van der Waals surface area contributed by atoms with E-state index in [-0.39, 0.29) is 30.0 Å². The van der Waals surface area contributed by atoms with Crippen molar-refractivity contribution in [2.24, 2.45) is 11.7 Å². The first kappa shape index (κ1) is 20.9. The van der Waals surface area contributed by atoms with Crippen molar-refractivity contribution >= 4 is 18.3 Å². The summed E-state index contributed by atoms with van der Waals surface area (Å²) in [6.45, 7) is 3.34. The first-order valence-corrected chi connectivity index (χ1v) is 8.50. The molecule has 1 amide bonds. The first-order chi connectivity index (χ1) is 11.0. The lowest BCUT2D eigenvalue weighted by atomic mass is 9.87. The van der Waals surface area contributed by atoms with Crippen molar-refractivity contribution in [1.82, 2.24) is 4.90 Å². The van der Waals surface area contributed by atoms with E-state index in [4.69, 9.17) is 5.73 Å². The molecule has 136 valence electrons. The Morgan fingerprint density at radius 3 is 2.46 bits per heavy atom. The fraction of sp³-hybridized carbons (Fsp3) is 0.611. The van der Waals surface area contributed by atoms with Gasteiger partial charge in [0.1, 0.15) is 5.82 Å². The van der Waals surface area contributed by atoms with Gasteiger partial charge in [0.25, 0.3) is 0 Å². The van der Waals surface area contributed by atoms with Crippen molar-refractivity contribution in [2.75, 3.05) is 13.1 Å². The Kier molecular flexibility index (Phi) is 8.67. The minimum absolute atomic E-state index is 0. The largest absolute Gasteiger partial charge is 0.388 e. The molecule has 0 bridgehead atoms. The van der Waals surface area contributed by atoms with Gasteiger partial charge in [0.2, 0.25) is 5.91 Å². The highest BCUT2D eigenvalue weighted by atomic mass is 35.5. The Labute approximate surface area is 149 Å². The van der Waals surface area contributed by atoms with Gasteiger partial charge < -0.3 is 15.7 Å². The van der Waals surface area contributed by atoms with E-state index in [0.29, 0.717) is 13.1 Å². The number of nitrogens with two attached hydrogens (primary N) is 1. The molecule has 1 aromatic rings. The van der Waals surface area contributed by atoms with Crippen molar-refractivity contribution in [2.45, 2.75) is 51.2 Å². The summed E-state index contributed by atoms with van der Waals surface area (Å²) in [4.78, 5) is 14.1. The molecule has 0 radical (unpaired) electrons. The maximum atomic E-state index is 13.0. The van der Waals surface area contributed by atoms with Crippen LogP contribution < -0.4 is 5.73 Å². The molecule has 1 saturated heterocycles. The number of amides is 1. The molecular weight excluding hydrogens is 331 g/mol. The van der Waals surface area contributed by atoms with E-state index in [9.17, 15) is 14.3 Å². The number of carbonyl (C=O) groups is 1. The Bertz CT molecular complexity index is 504. The third-order valence-electron chi connectivity index (χ3n) is 4.70. The highest BCUT2D eigenvalue weighted by Gasteiger charge is 2.29. The van der Waals surface area contributed by atoms with E-state index in [1.807, 2.05) is 4.90 Å². The van der Waals surface area contributed by atoms with Crippen LogP contribution in [0.4, 0.5) is 4.39 Å². The summed E-state index contributed by atoms with van der Waals surface area (Å²) in [7, 11) is 0. The standard InChI is InChI=1S/C18H27FN2O2.ClH/c1-2-3-4-16(20)18(23)21-11-9-14(10-12-21)17(22)13-5-7-15(19)8-6-13;/h5-8,14,16-17,22H,2-4,9-12,20H2,1H3;1H. The second-order valence-corrected chi connectivity index (χ2v) is 6.41. The monoisotopic (exact) mass is 358 g/mol. The number of hydrogen-bond acceptors (Lipinski definition) is 3. The SMILES string of the molecule is CCCCC(N)C(=O)N1CCC(C(O)c2ccc(F)cc2)CC1.Cl.